The Balaban J connectivity index is 1.07. The zero-order valence-electron chi connectivity index (χ0n) is 16.1. The van der Waals surface area contributed by atoms with Crippen LogP contribution in [-0.4, -0.2) is 71.3 Å². The zero-order chi connectivity index (χ0) is 19.8. The zero-order valence-corrected chi connectivity index (χ0v) is 16.9. The average molecular weight is 417 g/mol. The van der Waals surface area contributed by atoms with Gasteiger partial charge in [0.1, 0.15) is 24.0 Å². The third-order valence-corrected chi connectivity index (χ3v) is 6.80. The Morgan fingerprint density at radius 2 is 2.07 bits per heavy atom. The molecule has 1 aromatic carbocycles. The Morgan fingerprint density at radius 1 is 1.24 bits per heavy atom. The lowest BCUT2D eigenvalue weighted by Crippen LogP contribution is -2.60. The number of rotatable bonds is 4. The number of urea groups is 1. The maximum absolute atomic E-state index is 12.5. The van der Waals surface area contributed by atoms with Crippen LogP contribution in [-0.2, 0) is 4.74 Å². The summed E-state index contributed by atoms with van der Waals surface area (Å²) in [6, 6.07) is 6.31. The van der Waals surface area contributed by atoms with Crippen LogP contribution < -0.4 is 10.1 Å². The summed E-state index contributed by atoms with van der Waals surface area (Å²) in [6.07, 6.45) is 3.40. The van der Waals surface area contributed by atoms with Gasteiger partial charge in [0.2, 0.25) is 0 Å². The van der Waals surface area contributed by atoms with E-state index in [1.54, 1.807) is 16.2 Å². The summed E-state index contributed by atoms with van der Waals surface area (Å²) < 4.78 is 12.2. The molecule has 0 spiro atoms. The number of hydrogen-bond acceptors (Lipinski definition) is 6. The highest BCUT2D eigenvalue weighted by Crippen LogP contribution is 2.29. The highest BCUT2D eigenvalue weighted by atomic mass is 32.1. The van der Waals surface area contributed by atoms with Gasteiger partial charge in [-0.3, -0.25) is 0 Å². The maximum Gasteiger partial charge on any atom is 0.410 e. The minimum atomic E-state index is -0.197. The second-order valence-electron chi connectivity index (χ2n) is 7.86. The van der Waals surface area contributed by atoms with Crippen LogP contribution in [0.4, 0.5) is 9.59 Å². The number of cyclic esters (lactones) is 1. The van der Waals surface area contributed by atoms with Gasteiger partial charge in [-0.15, -0.1) is 11.3 Å². The van der Waals surface area contributed by atoms with Crippen molar-refractivity contribution in [3.63, 3.8) is 0 Å². The molecule has 2 aliphatic heterocycles. The van der Waals surface area contributed by atoms with Gasteiger partial charge in [-0.05, 0) is 37.8 Å². The van der Waals surface area contributed by atoms with Gasteiger partial charge in [-0.1, -0.05) is 6.07 Å². The summed E-state index contributed by atoms with van der Waals surface area (Å²) >= 11 is 1.59. The van der Waals surface area contributed by atoms with Crippen molar-refractivity contribution in [1.82, 2.24) is 20.1 Å². The number of carbonyl (C=O) groups excluding carboxylic acids is 2. The van der Waals surface area contributed by atoms with Gasteiger partial charge in [0.25, 0.3) is 0 Å². The molecule has 2 aromatic rings. The molecule has 0 bridgehead atoms. The molecule has 3 fully saturated rings. The number of benzene rings is 1. The van der Waals surface area contributed by atoms with Crippen LogP contribution in [0.2, 0.25) is 0 Å². The summed E-state index contributed by atoms with van der Waals surface area (Å²) in [4.78, 5) is 32.2. The molecule has 1 saturated carbocycles. The van der Waals surface area contributed by atoms with E-state index in [0.717, 1.165) is 41.6 Å². The Hall–Kier alpha value is -2.55. The van der Waals surface area contributed by atoms with Gasteiger partial charge in [0, 0.05) is 12.1 Å². The van der Waals surface area contributed by atoms with Crippen molar-refractivity contribution in [2.24, 2.45) is 0 Å². The number of hydrogen-bond donors (Lipinski definition) is 1. The van der Waals surface area contributed by atoms with Crippen molar-refractivity contribution in [2.45, 2.75) is 43.9 Å². The van der Waals surface area contributed by atoms with Crippen LogP contribution >= 0.6 is 11.3 Å². The summed E-state index contributed by atoms with van der Waals surface area (Å²) in [6.45, 7) is 2.34. The number of ether oxygens (including phenoxy) is 2. The third-order valence-electron chi connectivity index (χ3n) is 6.01. The fourth-order valence-corrected chi connectivity index (χ4v) is 5.04. The third kappa shape index (κ3) is 3.71. The summed E-state index contributed by atoms with van der Waals surface area (Å²) in [5.41, 5.74) is 2.71. The fraction of sp³-hybridized carbons (Fsp3) is 0.550. The van der Waals surface area contributed by atoms with Gasteiger partial charge in [0.15, 0.2) is 0 Å². The molecule has 3 heterocycles. The Labute approximate surface area is 172 Å². The number of likely N-dealkylation sites (tertiary alicyclic amines) is 1. The second-order valence-corrected chi connectivity index (χ2v) is 8.75. The molecule has 0 radical (unpaired) electrons. The quantitative estimate of drug-likeness (QED) is 0.829. The molecular formula is C20H24N4O4S. The Morgan fingerprint density at radius 3 is 2.83 bits per heavy atom. The Kier molecular flexibility index (Phi) is 4.91. The number of aromatic nitrogens is 1. The van der Waals surface area contributed by atoms with Crippen molar-refractivity contribution in [3.05, 3.63) is 23.7 Å². The minimum absolute atomic E-state index is 0.00460. The molecule has 29 heavy (non-hydrogen) atoms. The van der Waals surface area contributed by atoms with Crippen LogP contribution in [0, 0.1) is 0 Å². The number of fused-ring (bicyclic) bond motifs is 1. The van der Waals surface area contributed by atoms with Crippen LogP contribution in [0.25, 0.3) is 10.2 Å². The lowest BCUT2D eigenvalue weighted by molar-refractivity contribution is 0.0434. The predicted octanol–water partition coefficient (Wildman–Crippen LogP) is 2.83. The van der Waals surface area contributed by atoms with Gasteiger partial charge in [-0.2, -0.15) is 0 Å². The monoisotopic (exact) mass is 416 g/mol. The molecule has 1 aromatic heterocycles. The second kappa shape index (κ2) is 7.70. The lowest BCUT2D eigenvalue weighted by Gasteiger charge is -2.40. The van der Waals surface area contributed by atoms with Crippen LogP contribution in [0.3, 0.4) is 0 Å². The lowest BCUT2D eigenvalue weighted by atomic mass is 9.90. The topological polar surface area (TPSA) is 84.0 Å². The fourth-order valence-electron chi connectivity index (χ4n) is 4.35. The molecule has 1 N–H and O–H groups in total. The smallest absolute Gasteiger partial charge is 0.410 e. The molecule has 2 saturated heterocycles. The van der Waals surface area contributed by atoms with E-state index >= 15 is 0 Å². The molecule has 0 unspecified atom stereocenters. The van der Waals surface area contributed by atoms with E-state index < -0.39 is 0 Å². The first kappa shape index (κ1) is 18.5. The first-order valence-corrected chi connectivity index (χ1v) is 11.0. The molecule has 3 aliphatic rings. The molecule has 8 nitrogen and oxygen atoms in total. The van der Waals surface area contributed by atoms with E-state index in [1.165, 1.54) is 0 Å². The SMILES string of the molecule is O=C(N[C@H]1CC[C@H](N2CCOC2=O)CC1)N1CC(Oc2cccc3scnc23)C1. The van der Waals surface area contributed by atoms with Crippen LogP contribution in [0.1, 0.15) is 25.7 Å². The number of nitrogens with one attached hydrogen (secondary N) is 1. The van der Waals surface area contributed by atoms with Crippen molar-refractivity contribution in [2.75, 3.05) is 26.2 Å². The number of para-hydroxylation sites is 1. The van der Waals surface area contributed by atoms with E-state index in [2.05, 4.69) is 10.3 Å². The maximum atomic E-state index is 12.5. The molecule has 0 atom stereocenters. The minimum Gasteiger partial charge on any atom is -0.484 e. The molecule has 1 aliphatic carbocycles. The van der Waals surface area contributed by atoms with Crippen LogP contribution in [0.15, 0.2) is 23.7 Å². The summed E-state index contributed by atoms with van der Waals surface area (Å²) in [5, 5.41) is 3.14. The first-order chi connectivity index (χ1) is 14.2. The number of amides is 3. The molecule has 9 heteroatoms. The number of nitrogens with zero attached hydrogens (tertiary/aromatic N) is 3. The standard InChI is InChI=1S/C20H24N4O4S/c25-19(22-13-4-6-14(7-5-13)24-8-9-27-20(24)26)23-10-15(11-23)28-16-2-1-3-17-18(16)21-12-29-17/h1-3,12-15H,4-11H2,(H,22,25)/t13-,14-. The largest absolute Gasteiger partial charge is 0.484 e. The summed E-state index contributed by atoms with van der Waals surface area (Å²) in [7, 11) is 0. The van der Waals surface area contributed by atoms with Gasteiger partial charge in [-0.25, -0.2) is 14.6 Å². The van der Waals surface area contributed by atoms with Gasteiger partial charge in [0.05, 0.1) is 29.8 Å². The highest BCUT2D eigenvalue weighted by Gasteiger charge is 2.36. The molecular weight excluding hydrogens is 392 g/mol. The van der Waals surface area contributed by atoms with Crippen molar-refractivity contribution < 1.29 is 19.1 Å². The number of thiazole rings is 1. The molecule has 154 valence electrons. The van der Waals surface area contributed by atoms with E-state index in [1.807, 2.05) is 28.6 Å². The van der Waals surface area contributed by atoms with Crippen molar-refractivity contribution >= 4 is 33.7 Å². The van der Waals surface area contributed by atoms with E-state index in [4.69, 9.17) is 9.47 Å². The van der Waals surface area contributed by atoms with Crippen molar-refractivity contribution in [1.29, 1.82) is 0 Å². The average Bonchev–Trinajstić information content (AvgIpc) is 3.34. The number of carbonyl (C=O) groups is 2. The van der Waals surface area contributed by atoms with Gasteiger partial charge < -0.3 is 24.6 Å². The van der Waals surface area contributed by atoms with E-state index in [-0.39, 0.29) is 30.3 Å². The normalized spacial score (nSPS) is 25.0. The highest BCUT2D eigenvalue weighted by molar-refractivity contribution is 7.16. The summed E-state index contributed by atoms with van der Waals surface area (Å²) in [5.74, 6) is 0.785. The predicted molar refractivity (Wildman–Crippen MR) is 108 cm³/mol. The van der Waals surface area contributed by atoms with E-state index in [9.17, 15) is 9.59 Å². The van der Waals surface area contributed by atoms with Crippen LogP contribution in [0.5, 0.6) is 5.75 Å². The molecule has 5 rings (SSSR count). The van der Waals surface area contributed by atoms with Crippen molar-refractivity contribution in [3.8, 4) is 5.75 Å². The molecule has 3 amide bonds. The first-order valence-electron chi connectivity index (χ1n) is 10.1. The van der Waals surface area contributed by atoms with E-state index in [0.29, 0.717) is 26.2 Å². The Bertz CT molecular complexity index is 905. The van der Waals surface area contributed by atoms with Gasteiger partial charge >= 0.3 is 12.1 Å².